The maximum absolute atomic E-state index is 12.6. The van der Waals surface area contributed by atoms with E-state index in [0.717, 1.165) is 32.4 Å². The summed E-state index contributed by atoms with van der Waals surface area (Å²) in [7, 11) is 1.31. The van der Waals surface area contributed by atoms with Crippen molar-refractivity contribution < 1.29 is 19.1 Å². The molecule has 0 spiro atoms. The maximum Gasteiger partial charge on any atom is 0.337 e. The number of carbonyl (C=O) groups excluding carboxylic acids is 3. The standard InChI is InChI=1S/C20H21N3O4/c1-27-20(26)14-5-7-16(8-6-14)22-18(24)17-13-15(9-10-21-17)19(25)23-11-3-2-4-12-23/h5-10,13H,2-4,11-12H2,1H3,(H,22,24). The zero-order chi connectivity index (χ0) is 19.2. The van der Waals surface area contributed by atoms with Crippen LogP contribution in [0.15, 0.2) is 42.6 Å². The van der Waals surface area contributed by atoms with Crippen molar-refractivity contribution in [3.63, 3.8) is 0 Å². The van der Waals surface area contributed by atoms with Crippen molar-refractivity contribution in [1.29, 1.82) is 0 Å². The van der Waals surface area contributed by atoms with Crippen molar-refractivity contribution in [2.45, 2.75) is 19.3 Å². The lowest BCUT2D eigenvalue weighted by molar-refractivity contribution is 0.0600. The van der Waals surface area contributed by atoms with Crippen LogP contribution in [0, 0.1) is 0 Å². The van der Waals surface area contributed by atoms with E-state index in [9.17, 15) is 14.4 Å². The van der Waals surface area contributed by atoms with Gasteiger partial charge in [0, 0.05) is 30.5 Å². The average molecular weight is 367 g/mol. The number of aromatic nitrogens is 1. The van der Waals surface area contributed by atoms with E-state index in [1.165, 1.54) is 19.4 Å². The average Bonchev–Trinajstić information content (AvgIpc) is 2.74. The number of anilines is 1. The molecule has 0 radical (unpaired) electrons. The van der Waals surface area contributed by atoms with Crippen molar-refractivity contribution in [3.8, 4) is 0 Å². The van der Waals surface area contributed by atoms with Gasteiger partial charge in [-0.05, 0) is 55.7 Å². The molecule has 0 atom stereocenters. The Labute approximate surface area is 157 Å². The van der Waals surface area contributed by atoms with Crippen molar-refractivity contribution in [3.05, 3.63) is 59.4 Å². The Hall–Kier alpha value is -3.22. The first-order valence-corrected chi connectivity index (χ1v) is 8.83. The molecule has 0 bridgehead atoms. The van der Waals surface area contributed by atoms with Crippen molar-refractivity contribution in [2.75, 3.05) is 25.5 Å². The van der Waals surface area contributed by atoms with Crippen LogP contribution < -0.4 is 5.32 Å². The number of hydrogen-bond donors (Lipinski definition) is 1. The smallest absolute Gasteiger partial charge is 0.337 e. The van der Waals surface area contributed by atoms with Crippen molar-refractivity contribution >= 4 is 23.5 Å². The lowest BCUT2D eigenvalue weighted by atomic mass is 10.1. The predicted octanol–water partition coefficient (Wildman–Crippen LogP) is 2.75. The van der Waals surface area contributed by atoms with Gasteiger partial charge >= 0.3 is 5.97 Å². The number of piperidine rings is 1. The van der Waals surface area contributed by atoms with Gasteiger partial charge in [-0.2, -0.15) is 0 Å². The molecule has 2 aromatic rings. The number of likely N-dealkylation sites (tertiary alicyclic amines) is 1. The molecule has 2 amide bonds. The molecule has 140 valence electrons. The summed E-state index contributed by atoms with van der Waals surface area (Å²) in [4.78, 5) is 42.4. The Kier molecular flexibility index (Phi) is 5.80. The first kappa shape index (κ1) is 18.6. The summed E-state index contributed by atoms with van der Waals surface area (Å²) in [5.41, 5.74) is 1.53. The predicted molar refractivity (Wildman–Crippen MR) is 99.7 cm³/mol. The Morgan fingerprint density at radius 1 is 1.00 bits per heavy atom. The quantitative estimate of drug-likeness (QED) is 0.840. The molecular weight excluding hydrogens is 346 g/mol. The van der Waals surface area contributed by atoms with Gasteiger partial charge in [-0.15, -0.1) is 0 Å². The number of methoxy groups -OCH3 is 1. The molecule has 27 heavy (non-hydrogen) atoms. The molecule has 2 heterocycles. The lowest BCUT2D eigenvalue weighted by Crippen LogP contribution is -2.35. The maximum atomic E-state index is 12.6. The molecule has 7 nitrogen and oxygen atoms in total. The summed E-state index contributed by atoms with van der Waals surface area (Å²) in [5, 5.41) is 2.71. The molecular formula is C20H21N3O4. The third-order valence-corrected chi connectivity index (χ3v) is 4.45. The third-order valence-electron chi connectivity index (χ3n) is 4.45. The van der Waals surface area contributed by atoms with E-state index >= 15 is 0 Å². The Morgan fingerprint density at radius 3 is 2.37 bits per heavy atom. The number of nitrogens with zero attached hydrogens (tertiary/aromatic N) is 2. The van der Waals surface area contributed by atoms with Crippen LogP contribution in [0.3, 0.4) is 0 Å². The second-order valence-corrected chi connectivity index (χ2v) is 6.31. The zero-order valence-electron chi connectivity index (χ0n) is 15.1. The lowest BCUT2D eigenvalue weighted by Gasteiger charge is -2.26. The van der Waals surface area contributed by atoms with Gasteiger partial charge in [-0.3, -0.25) is 14.6 Å². The van der Waals surface area contributed by atoms with Gasteiger partial charge in [-0.1, -0.05) is 0 Å². The minimum Gasteiger partial charge on any atom is -0.465 e. The molecule has 0 saturated carbocycles. The van der Waals surface area contributed by atoms with Gasteiger partial charge in [0.15, 0.2) is 0 Å². The fraction of sp³-hybridized carbons (Fsp3) is 0.300. The van der Waals surface area contributed by atoms with Crippen molar-refractivity contribution in [1.82, 2.24) is 9.88 Å². The van der Waals surface area contributed by atoms with E-state index in [1.807, 2.05) is 4.90 Å². The highest BCUT2D eigenvalue weighted by molar-refractivity contribution is 6.05. The minimum absolute atomic E-state index is 0.0754. The van der Waals surface area contributed by atoms with Crippen LogP contribution in [0.2, 0.25) is 0 Å². The van der Waals surface area contributed by atoms with E-state index < -0.39 is 11.9 Å². The highest BCUT2D eigenvalue weighted by atomic mass is 16.5. The summed E-state index contributed by atoms with van der Waals surface area (Å²) < 4.78 is 4.64. The van der Waals surface area contributed by atoms with Crippen LogP contribution in [0.4, 0.5) is 5.69 Å². The Morgan fingerprint density at radius 2 is 1.70 bits per heavy atom. The molecule has 1 aromatic heterocycles. The normalized spacial score (nSPS) is 13.7. The number of pyridine rings is 1. The largest absolute Gasteiger partial charge is 0.465 e. The summed E-state index contributed by atoms with van der Waals surface area (Å²) in [6, 6.07) is 9.46. The van der Waals surface area contributed by atoms with Crippen LogP contribution >= 0.6 is 0 Å². The van der Waals surface area contributed by atoms with Gasteiger partial charge in [0.05, 0.1) is 12.7 Å². The molecule has 1 N–H and O–H groups in total. The van der Waals surface area contributed by atoms with Gasteiger partial charge in [0.2, 0.25) is 0 Å². The first-order valence-electron chi connectivity index (χ1n) is 8.83. The van der Waals surface area contributed by atoms with Crippen LogP contribution in [0.5, 0.6) is 0 Å². The number of benzene rings is 1. The van der Waals surface area contributed by atoms with Gasteiger partial charge in [-0.25, -0.2) is 4.79 Å². The molecule has 7 heteroatoms. The Balaban J connectivity index is 1.69. The number of esters is 1. The summed E-state index contributed by atoms with van der Waals surface area (Å²) >= 11 is 0. The molecule has 1 aliphatic rings. The highest BCUT2D eigenvalue weighted by Gasteiger charge is 2.19. The second kappa shape index (κ2) is 8.44. The Bertz CT molecular complexity index is 843. The molecule has 1 aromatic carbocycles. The van der Waals surface area contributed by atoms with Gasteiger partial charge in [0.25, 0.3) is 11.8 Å². The summed E-state index contributed by atoms with van der Waals surface area (Å²) in [6.07, 6.45) is 4.62. The molecule has 1 fully saturated rings. The van der Waals surface area contributed by atoms with Gasteiger partial charge in [0.1, 0.15) is 5.69 Å². The first-order chi connectivity index (χ1) is 13.1. The molecule has 1 saturated heterocycles. The minimum atomic E-state index is -0.446. The SMILES string of the molecule is COC(=O)c1ccc(NC(=O)c2cc(C(=O)N3CCCCC3)ccn2)cc1. The number of carbonyl (C=O) groups is 3. The topological polar surface area (TPSA) is 88.6 Å². The van der Waals surface area contributed by atoms with E-state index in [-0.39, 0.29) is 11.6 Å². The highest BCUT2D eigenvalue weighted by Crippen LogP contribution is 2.15. The second-order valence-electron chi connectivity index (χ2n) is 6.31. The molecule has 0 aliphatic carbocycles. The van der Waals surface area contributed by atoms with E-state index in [4.69, 9.17) is 0 Å². The zero-order valence-corrected chi connectivity index (χ0v) is 15.1. The van der Waals surface area contributed by atoms with E-state index in [1.54, 1.807) is 30.3 Å². The summed E-state index contributed by atoms with van der Waals surface area (Å²) in [5.74, 6) is -0.943. The number of ether oxygens (including phenoxy) is 1. The number of hydrogen-bond acceptors (Lipinski definition) is 5. The van der Waals surface area contributed by atoms with Crippen LogP contribution in [0.1, 0.15) is 50.5 Å². The van der Waals surface area contributed by atoms with Crippen LogP contribution in [0.25, 0.3) is 0 Å². The van der Waals surface area contributed by atoms with Crippen molar-refractivity contribution in [2.24, 2.45) is 0 Å². The third kappa shape index (κ3) is 4.49. The van der Waals surface area contributed by atoms with Crippen LogP contribution in [-0.4, -0.2) is 47.9 Å². The number of rotatable bonds is 4. The fourth-order valence-corrected chi connectivity index (χ4v) is 2.97. The van der Waals surface area contributed by atoms with E-state index in [2.05, 4.69) is 15.0 Å². The molecule has 1 aliphatic heterocycles. The molecule has 0 unspecified atom stereocenters. The monoisotopic (exact) mass is 367 g/mol. The molecule has 3 rings (SSSR count). The number of nitrogens with one attached hydrogen (secondary N) is 1. The fourth-order valence-electron chi connectivity index (χ4n) is 2.97. The van der Waals surface area contributed by atoms with E-state index in [0.29, 0.717) is 16.8 Å². The number of amides is 2. The van der Waals surface area contributed by atoms with Gasteiger partial charge < -0.3 is 15.0 Å². The van der Waals surface area contributed by atoms with Crippen LogP contribution in [-0.2, 0) is 4.74 Å². The summed E-state index contributed by atoms with van der Waals surface area (Å²) in [6.45, 7) is 1.49.